The van der Waals surface area contributed by atoms with Crippen LogP contribution < -0.4 is 16.2 Å². The van der Waals surface area contributed by atoms with Crippen molar-refractivity contribution in [3.8, 4) is 0 Å². The first kappa shape index (κ1) is 13.7. The van der Waals surface area contributed by atoms with Gasteiger partial charge in [0, 0.05) is 18.2 Å². The number of rotatable bonds is 5. The molecular formula is C12H23N5. The molecule has 1 unspecified atom stereocenters. The Kier molecular flexibility index (Phi) is 4.69. The zero-order valence-corrected chi connectivity index (χ0v) is 11.4. The smallest absolute Gasteiger partial charge is 0.148 e. The third kappa shape index (κ3) is 2.85. The Balaban J connectivity index is 3.23. The summed E-state index contributed by atoms with van der Waals surface area (Å²) in [7, 11) is 0. The van der Waals surface area contributed by atoms with Gasteiger partial charge in [0.2, 0.25) is 0 Å². The molecule has 17 heavy (non-hydrogen) atoms. The zero-order chi connectivity index (χ0) is 13.0. The monoisotopic (exact) mass is 237 g/mol. The van der Waals surface area contributed by atoms with Crippen LogP contribution >= 0.6 is 0 Å². The molecule has 1 aromatic rings. The molecule has 5 nitrogen and oxygen atoms in total. The summed E-state index contributed by atoms with van der Waals surface area (Å²) in [6.07, 6.45) is 1.09. The third-order valence-corrected chi connectivity index (χ3v) is 3.10. The van der Waals surface area contributed by atoms with E-state index in [1.165, 1.54) is 0 Å². The van der Waals surface area contributed by atoms with Crippen LogP contribution in [0.2, 0.25) is 0 Å². The van der Waals surface area contributed by atoms with Gasteiger partial charge < -0.3 is 10.3 Å². The van der Waals surface area contributed by atoms with E-state index in [-0.39, 0.29) is 0 Å². The van der Waals surface area contributed by atoms with Gasteiger partial charge in [0.05, 0.1) is 0 Å². The predicted octanol–water partition coefficient (Wildman–Crippen LogP) is 2.00. The van der Waals surface area contributed by atoms with Gasteiger partial charge in [-0.15, -0.1) is 0 Å². The number of hydrogen-bond donors (Lipinski definition) is 2. The minimum atomic E-state index is 0.457. The Bertz CT molecular complexity index is 377. The van der Waals surface area contributed by atoms with Crippen LogP contribution in [0.5, 0.6) is 0 Å². The van der Waals surface area contributed by atoms with Crippen molar-refractivity contribution in [1.82, 2.24) is 9.97 Å². The summed E-state index contributed by atoms with van der Waals surface area (Å²) in [5.74, 6) is 7.89. The SMILES string of the molecule is CCC(C)N(CC)c1nc(C)nc(NN)c1C. The lowest BCUT2D eigenvalue weighted by Gasteiger charge is -2.30. The van der Waals surface area contributed by atoms with Crippen molar-refractivity contribution >= 4 is 11.6 Å². The maximum atomic E-state index is 5.48. The fraction of sp³-hybridized carbons (Fsp3) is 0.667. The number of nitrogen functional groups attached to an aromatic ring is 1. The Hall–Kier alpha value is -1.36. The number of aromatic nitrogens is 2. The van der Waals surface area contributed by atoms with Gasteiger partial charge in [-0.25, -0.2) is 15.8 Å². The second-order valence-corrected chi connectivity index (χ2v) is 4.26. The number of hydrazine groups is 1. The Labute approximate surface area is 103 Å². The van der Waals surface area contributed by atoms with Gasteiger partial charge in [0.15, 0.2) is 0 Å². The predicted molar refractivity (Wildman–Crippen MR) is 72.1 cm³/mol. The molecule has 5 heteroatoms. The molecule has 0 amide bonds. The minimum Gasteiger partial charge on any atom is -0.354 e. The molecule has 0 spiro atoms. The van der Waals surface area contributed by atoms with Crippen LogP contribution in [-0.4, -0.2) is 22.6 Å². The van der Waals surface area contributed by atoms with Gasteiger partial charge in [-0.3, -0.25) is 0 Å². The number of hydrogen-bond acceptors (Lipinski definition) is 5. The van der Waals surface area contributed by atoms with E-state index in [0.717, 1.165) is 30.2 Å². The Morgan fingerprint density at radius 1 is 1.29 bits per heavy atom. The molecule has 0 radical (unpaired) electrons. The lowest BCUT2D eigenvalue weighted by molar-refractivity contribution is 0.619. The van der Waals surface area contributed by atoms with Crippen molar-refractivity contribution in [3.05, 3.63) is 11.4 Å². The molecule has 0 aliphatic heterocycles. The van der Waals surface area contributed by atoms with E-state index in [2.05, 4.69) is 41.1 Å². The number of nitrogens with two attached hydrogens (primary N) is 1. The van der Waals surface area contributed by atoms with Crippen LogP contribution in [0.15, 0.2) is 0 Å². The molecule has 1 aromatic heterocycles. The number of aryl methyl sites for hydroxylation is 1. The average Bonchev–Trinajstić information content (AvgIpc) is 2.33. The summed E-state index contributed by atoms with van der Waals surface area (Å²) >= 11 is 0. The lowest BCUT2D eigenvalue weighted by atomic mass is 10.2. The lowest BCUT2D eigenvalue weighted by Crippen LogP contribution is -2.34. The van der Waals surface area contributed by atoms with E-state index < -0.39 is 0 Å². The van der Waals surface area contributed by atoms with Crippen molar-refractivity contribution in [3.63, 3.8) is 0 Å². The molecule has 0 aliphatic carbocycles. The summed E-state index contributed by atoms with van der Waals surface area (Å²) in [6.45, 7) is 11.3. The first-order chi connectivity index (χ1) is 8.04. The standard InChI is InChI=1S/C12H23N5/c1-6-8(3)17(7-2)12-9(4)11(16-13)14-10(5)15-12/h8H,6-7,13H2,1-5H3,(H,14,15,16). The highest BCUT2D eigenvalue weighted by Crippen LogP contribution is 2.25. The van der Waals surface area contributed by atoms with Crippen LogP contribution in [-0.2, 0) is 0 Å². The molecule has 3 N–H and O–H groups in total. The largest absolute Gasteiger partial charge is 0.354 e. The van der Waals surface area contributed by atoms with Crippen LogP contribution in [0.4, 0.5) is 11.6 Å². The quantitative estimate of drug-likeness (QED) is 0.605. The van der Waals surface area contributed by atoms with Gasteiger partial charge in [-0.1, -0.05) is 6.92 Å². The summed E-state index contributed by atoms with van der Waals surface area (Å²) in [5, 5.41) is 0. The first-order valence-electron chi connectivity index (χ1n) is 6.13. The maximum Gasteiger partial charge on any atom is 0.148 e. The fourth-order valence-corrected chi connectivity index (χ4v) is 1.92. The van der Waals surface area contributed by atoms with E-state index in [1.54, 1.807) is 0 Å². The van der Waals surface area contributed by atoms with E-state index in [0.29, 0.717) is 11.9 Å². The molecule has 1 heterocycles. The number of nitrogens with one attached hydrogen (secondary N) is 1. The first-order valence-corrected chi connectivity index (χ1v) is 6.13. The van der Waals surface area contributed by atoms with Crippen molar-refractivity contribution < 1.29 is 0 Å². The van der Waals surface area contributed by atoms with Gasteiger partial charge in [-0.2, -0.15) is 0 Å². The van der Waals surface area contributed by atoms with Gasteiger partial charge >= 0.3 is 0 Å². The molecule has 1 atom stereocenters. The molecule has 0 saturated heterocycles. The summed E-state index contributed by atoms with van der Waals surface area (Å²) in [6, 6.07) is 0.457. The Morgan fingerprint density at radius 3 is 2.41 bits per heavy atom. The highest BCUT2D eigenvalue weighted by molar-refractivity contribution is 5.58. The summed E-state index contributed by atoms with van der Waals surface area (Å²) in [5.41, 5.74) is 3.63. The zero-order valence-electron chi connectivity index (χ0n) is 11.4. The highest BCUT2D eigenvalue weighted by atomic mass is 15.3. The third-order valence-electron chi connectivity index (χ3n) is 3.10. The molecule has 0 fully saturated rings. The summed E-state index contributed by atoms with van der Waals surface area (Å²) in [4.78, 5) is 11.1. The van der Waals surface area contributed by atoms with E-state index in [1.807, 2.05) is 13.8 Å². The van der Waals surface area contributed by atoms with Crippen LogP contribution in [0.1, 0.15) is 38.6 Å². The van der Waals surface area contributed by atoms with Crippen LogP contribution in [0.25, 0.3) is 0 Å². The molecular weight excluding hydrogens is 214 g/mol. The van der Waals surface area contributed by atoms with Crippen molar-refractivity contribution in [1.29, 1.82) is 0 Å². The van der Waals surface area contributed by atoms with Crippen LogP contribution in [0, 0.1) is 13.8 Å². The van der Waals surface area contributed by atoms with Crippen molar-refractivity contribution in [2.75, 3.05) is 16.9 Å². The molecule has 1 rings (SSSR count). The van der Waals surface area contributed by atoms with Crippen molar-refractivity contribution in [2.24, 2.45) is 5.84 Å². The number of anilines is 2. The topological polar surface area (TPSA) is 67.1 Å². The molecule has 0 bridgehead atoms. The van der Waals surface area contributed by atoms with Gasteiger partial charge in [0.1, 0.15) is 17.5 Å². The van der Waals surface area contributed by atoms with Crippen molar-refractivity contribution in [2.45, 2.75) is 47.1 Å². The van der Waals surface area contributed by atoms with Gasteiger partial charge in [-0.05, 0) is 34.1 Å². The van der Waals surface area contributed by atoms with Gasteiger partial charge in [0.25, 0.3) is 0 Å². The average molecular weight is 237 g/mol. The maximum absolute atomic E-state index is 5.48. The van der Waals surface area contributed by atoms with Crippen LogP contribution in [0.3, 0.4) is 0 Å². The van der Waals surface area contributed by atoms with E-state index >= 15 is 0 Å². The molecule has 0 aliphatic rings. The minimum absolute atomic E-state index is 0.457. The normalized spacial score (nSPS) is 12.4. The highest BCUT2D eigenvalue weighted by Gasteiger charge is 2.17. The Morgan fingerprint density at radius 2 is 1.94 bits per heavy atom. The van der Waals surface area contributed by atoms with E-state index in [9.17, 15) is 0 Å². The summed E-state index contributed by atoms with van der Waals surface area (Å²) < 4.78 is 0. The number of nitrogens with zero attached hydrogens (tertiary/aromatic N) is 3. The molecule has 0 saturated carbocycles. The fourth-order valence-electron chi connectivity index (χ4n) is 1.92. The molecule has 96 valence electrons. The second-order valence-electron chi connectivity index (χ2n) is 4.26. The molecule has 0 aromatic carbocycles. The van der Waals surface area contributed by atoms with E-state index in [4.69, 9.17) is 5.84 Å². The second kappa shape index (κ2) is 5.82.